The van der Waals surface area contributed by atoms with E-state index < -0.39 is 9.84 Å². The molecular formula is C10H18N4O2S. The van der Waals surface area contributed by atoms with Crippen molar-refractivity contribution < 1.29 is 8.42 Å². The lowest BCUT2D eigenvalue weighted by Gasteiger charge is -2.12. The Kier molecular flexibility index (Phi) is 2.81. The Hall–Kier alpha value is -1.24. The van der Waals surface area contributed by atoms with Crippen molar-refractivity contribution >= 4 is 21.5 Å². The van der Waals surface area contributed by atoms with Gasteiger partial charge < -0.3 is 11.1 Å². The van der Waals surface area contributed by atoms with Crippen LogP contribution in [0.15, 0.2) is 4.90 Å². The molecule has 1 aliphatic rings. The van der Waals surface area contributed by atoms with Gasteiger partial charge in [-0.3, -0.25) is 0 Å². The normalized spacial score (nSPS) is 18.1. The molecule has 17 heavy (non-hydrogen) atoms. The Morgan fingerprint density at radius 2 is 2.12 bits per heavy atom. The molecule has 0 amide bonds. The first-order valence-electron chi connectivity index (χ1n) is 5.62. The molecule has 1 atom stereocenters. The minimum atomic E-state index is -3.37. The molecule has 96 valence electrons. The van der Waals surface area contributed by atoms with Crippen LogP contribution in [-0.4, -0.2) is 31.5 Å². The monoisotopic (exact) mass is 258 g/mol. The first-order chi connectivity index (χ1) is 7.86. The minimum Gasteiger partial charge on any atom is -0.383 e. The molecule has 3 N–H and O–H groups in total. The topological polar surface area (TPSA) is 90.0 Å². The van der Waals surface area contributed by atoms with Gasteiger partial charge in [-0.25, -0.2) is 13.1 Å². The quantitative estimate of drug-likeness (QED) is 0.836. The predicted octanol–water partition coefficient (Wildman–Crippen LogP) is 0.881. The van der Waals surface area contributed by atoms with E-state index in [1.165, 1.54) is 0 Å². The average Bonchev–Trinajstić information content (AvgIpc) is 2.99. The van der Waals surface area contributed by atoms with E-state index in [2.05, 4.69) is 10.4 Å². The van der Waals surface area contributed by atoms with Gasteiger partial charge in [0.05, 0.1) is 6.04 Å². The number of sulfone groups is 1. The van der Waals surface area contributed by atoms with Crippen molar-refractivity contribution in [1.29, 1.82) is 0 Å². The third-order valence-corrected chi connectivity index (χ3v) is 4.34. The maximum absolute atomic E-state index is 11.7. The fourth-order valence-electron chi connectivity index (χ4n) is 2.05. The largest absolute Gasteiger partial charge is 0.383 e. The summed E-state index contributed by atoms with van der Waals surface area (Å²) in [5, 5.41) is 7.04. The van der Waals surface area contributed by atoms with Crippen LogP contribution in [0.25, 0.3) is 0 Å². The smallest absolute Gasteiger partial charge is 0.182 e. The van der Waals surface area contributed by atoms with Crippen LogP contribution in [0.3, 0.4) is 0 Å². The number of nitrogens with zero attached hydrogens (tertiary/aromatic N) is 2. The van der Waals surface area contributed by atoms with Gasteiger partial charge in [0.2, 0.25) is 0 Å². The van der Waals surface area contributed by atoms with E-state index >= 15 is 0 Å². The van der Waals surface area contributed by atoms with Crippen LogP contribution in [-0.2, 0) is 9.84 Å². The number of rotatable bonds is 4. The number of nitrogens with one attached hydrogen (secondary N) is 1. The Morgan fingerprint density at radius 1 is 1.53 bits per heavy atom. The maximum Gasteiger partial charge on any atom is 0.182 e. The van der Waals surface area contributed by atoms with Gasteiger partial charge in [-0.1, -0.05) is 0 Å². The number of aromatic nitrogens is 2. The first-order valence-corrected chi connectivity index (χ1v) is 7.51. The second-order valence-corrected chi connectivity index (χ2v) is 6.56. The van der Waals surface area contributed by atoms with Crippen molar-refractivity contribution in [1.82, 2.24) is 9.78 Å². The highest BCUT2D eigenvalue weighted by atomic mass is 32.2. The zero-order chi connectivity index (χ0) is 12.8. The molecule has 0 spiro atoms. The molecule has 0 aliphatic heterocycles. The van der Waals surface area contributed by atoms with Crippen LogP contribution in [0.5, 0.6) is 0 Å². The number of hydrogen-bond acceptors (Lipinski definition) is 5. The van der Waals surface area contributed by atoms with Crippen LogP contribution >= 0.6 is 0 Å². The summed E-state index contributed by atoms with van der Waals surface area (Å²) < 4.78 is 25.0. The van der Waals surface area contributed by atoms with Gasteiger partial charge in [-0.2, -0.15) is 5.10 Å². The van der Waals surface area contributed by atoms with Crippen molar-refractivity contribution in [3.63, 3.8) is 0 Å². The molecule has 0 saturated heterocycles. The third-order valence-electron chi connectivity index (χ3n) is 3.20. The molecule has 6 nitrogen and oxygen atoms in total. The molecule has 0 bridgehead atoms. The van der Waals surface area contributed by atoms with Crippen molar-refractivity contribution in [3.05, 3.63) is 0 Å². The van der Waals surface area contributed by atoms with Gasteiger partial charge in [0, 0.05) is 13.3 Å². The van der Waals surface area contributed by atoms with E-state index in [0.29, 0.717) is 11.7 Å². The van der Waals surface area contributed by atoms with Gasteiger partial charge in [-0.15, -0.1) is 0 Å². The van der Waals surface area contributed by atoms with E-state index in [1.807, 2.05) is 6.92 Å². The van der Waals surface area contributed by atoms with Crippen LogP contribution in [0.1, 0.15) is 25.8 Å². The zero-order valence-corrected chi connectivity index (χ0v) is 11.1. The molecule has 0 aromatic carbocycles. The van der Waals surface area contributed by atoms with Gasteiger partial charge in [0.1, 0.15) is 5.82 Å². The van der Waals surface area contributed by atoms with E-state index in [-0.39, 0.29) is 16.8 Å². The maximum atomic E-state index is 11.7. The molecule has 1 unspecified atom stereocenters. The van der Waals surface area contributed by atoms with Crippen LogP contribution < -0.4 is 11.1 Å². The Bertz CT molecular complexity index is 531. The zero-order valence-electron chi connectivity index (χ0n) is 10.3. The lowest BCUT2D eigenvalue weighted by molar-refractivity contribution is 0.447. The highest BCUT2D eigenvalue weighted by molar-refractivity contribution is 7.91. The predicted molar refractivity (Wildman–Crippen MR) is 66.7 cm³/mol. The van der Waals surface area contributed by atoms with Gasteiger partial charge in [0.25, 0.3) is 0 Å². The first kappa shape index (κ1) is 12.2. The summed E-state index contributed by atoms with van der Waals surface area (Å²) >= 11 is 0. The number of anilines is 2. The lowest BCUT2D eigenvalue weighted by atomic mass is 10.2. The summed E-state index contributed by atoms with van der Waals surface area (Å²) in [6.07, 6.45) is 3.46. The van der Waals surface area contributed by atoms with Crippen LogP contribution in [0.2, 0.25) is 0 Å². The summed E-state index contributed by atoms with van der Waals surface area (Å²) in [6.45, 7) is 2.02. The molecule has 1 heterocycles. The van der Waals surface area contributed by atoms with Gasteiger partial charge >= 0.3 is 0 Å². The average molecular weight is 258 g/mol. The molecule has 1 fully saturated rings. The SMILES string of the molecule is CNc1nn(C(C)C2CC2)c(N)c1S(C)(=O)=O. The van der Waals surface area contributed by atoms with Crippen molar-refractivity contribution in [2.45, 2.75) is 30.7 Å². The van der Waals surface area contributed by atoms with Gasteiger partial charge in [0.15, 0.2) is 20.6 Å². The van der Waals surface area contributed by atoms with Crippen molar-refractivity contribution in [2.75, 3.05) is 24.4 Å². The molecule has 7 heteroatoms. The molecule has 2 rings (SSSR count). The molecule has 1 saturated carbocycles. The molecule has 1 aromatic rings. The third kappa shape index (κ3) is 2.11. The standard InChI is InChI=1S/C10H18N4O2S/c1-6(7-4-5-7)14-9(11)8(17(3,15)16)10(12-2)13-14/h6-7H,4-5,11H2,1-3H3,(H,12,13). The molecule has 0 radical (unpaired) electrons. The fraction of sp³-hybridized carbons (Fsp3) is 0.700. The van der Waals surface area contributed by atoms with E-state index in [4.69, 9.17) is 5.73 Å². The van der Waals surface area contributed by atoms with Gasteiger partial charge in [-0.05, 0) is 25.7 Å². The molecule has 1 aliphatic carbocycles. The van der Waals surface area contributed by atoms with Crippen LogP contribution in [0.4, 0.5) is 11.6 Å². The summed E-state index contributed by atoms with van der Waals surface area (Å²) in [5.41, 5.74) is 5.91. The van der Waals surface area contributed by atoms with E-state index in [1.54, 1.807) is 11.7 Å². The second kappa shape index (κ2) is 3.90. The van der Waals surface area contributed by atoms with E-state index in [9.17, 15) is 8.42 Å². The Labute approximate surface area is 101 Å². The number of nitrogens with two attached hydrogens (primary N) is 1. The summed E-state index contributed by atoms with van der Waals surface area (Å²) in [7, 11) is -1.72. The Balaban J connectivity index is 2.52. The second-order valence-electron chi connectivity index (χ2n) is 4.61. The number of hydrogen-bond donors (Lipinski definition) is 2. The van der Waals surface area contributed by atoms with Crippen molar-refractivity contribution in [3.8, 4) is 0 Å². The van der Waals surface area contributed by atoms with E-state index in [0.717, 1.165) is 19.1 Å². The van der Waals surface area contributed by atoms with Crippen LogP contribution in [0, 0.1) is 5.92 Å². The lowest BCUT2D eigenvalue weighted by Crippen LogP contribution is -2.13. The minimum absolute atomic E-state index is 0.104. The fourth-order valence-corrected chi connectivity index (χ4v) is 3.02. The number of nitrogen functional groups attached to an aromatic ring is 1. The summed E-state index contributed by atoms with van der Waals surface area (Å²) in [6, 6.07) is 0.151. The summed E-state index contributed by atoms with van der Waals surface area (Å²) in [4.78, 5) is 0.104. The molecule has 1 aromatic heterocycles. The molecular weight excluding hydrogens is 240 g/mol. The summed E-state index contributed by atoms with van der Waals surface area (Å²) in [5.74, 6) is 1.13. The highest BCUT2D eigenvalue weighted by Crippen LogP contribution is 2.41. The Morgan fingerprint density at radius 3 is 2.47 bits per heavy atom. The highest BCUT2D eigenvalue weighted by Gasteiger charge is 2.33. The van der Waals surface area contributed by atoms with Crippen molar-refractivity contribution in [2.24, 2.45) is 5.92 Å².